The zero-order valence-corrected chi connectivity index (χ0v) is 14.6. The van der Waals surface area contributed by atoms with Crippen LogP contribution in [0.5, 0.6) is 0 Å². The van der Waals surface area contributed by atoms with Crippen LogP contribution in [0.2, 0.25) is 0 Å². The second-order valence-electron chi connectivity index (χ2n) is 6.45. The van der Waals surface area contributed by atoms with Gasteiger partial charge in [0.05, 0.1) is 23.9 Å². The van der Waals surface area contributed by atoms with Crippen LogP contribution in [-0.2, 0) is 4.74 Å². The molecule has 1 atom stereocenters. The number of anilines is 1. The molecular formula is C17H23N5O3. The minimum atomic E-state index is -0.469. The molecule has 0 spiro atoms. The van der Waals surface area contributed by atoms with Crippen molar-refractivity contribution in [2.24, 2.45) is 16.0 Å². The Morgan fingerprint density at radius 2 is 2.24 bits per heavy atom. The average molecular weight is 345 g/mol. The molecule has 1 N–H and O–H groups in total. The van der Waals surface area contributed by atoms with Crippen molar-refractivity contribution in [2.45, 2.75) is 20.3 Å². The van der Waals surface area contributed by atoms with E-state index in [9.17, 15) is 10.1 Å². The standard InChI is InChI=1S/C17H23N5O3/c1-12-4-3-5-13(2)15(12)19-20-17(22(23)24)16-18-7-8-21(16)10-14-6-9-25-11-14/h3-5,14,19H,6-11H2,1-2H3. The maximum absolute atomic E-state index is 11.6. The summed E-state index contributed by atoms with van der Waals surface area (Å²) in [6.45, 7) is 7.30. The van der Waals surface area contributed by atoms with Crippen LogP contribution < -0.4 is 5.43 Å². The molecule has 2 aliphatic heterocycles. The number of para-hydroxylation sites is 1. The third kappa shape index (κ3) is 3.96. The first-order chi connectivity index (χ1) is 12.1. The Hall–Kier alpha value is -2.48. The summed E-state index contributed by atoms with van der Waals surface area (Å²) < 4.78 is 5.40. The molecule has 0 aliphatic carbocycles. The van der Waals surface area contributed by atoms with Crippen LogP contribution in [0.1, 0.15) is 17.5 Å². The number of amidine groups is 2. The predicted molar refractivity (Wildman–Crippen MR) is 96.8 cm³/mol. The van der Waals surface area contributed by atoms with Crippen LogP contribution in [0.3, 0.4) is 0 Å². The summed E-state index contributed by atoms with van der Waals surface area (Å²) in [6, 6.07) is 5.83. The molecular weight excluding hydrogens is 322 g/mol. The number of rotatable bonds is 5. The van der Waals surface area contributed by atoms with Gasteiger partial charge in [0.2, 0.25) is 5.84 Å². The van der Waals surface area contributed by atoms with Crippen LogP contribution >= 0.6 is 0 Å². The molecule has 0 amide bonds. The molecule has 2 aliphatic rings. The van der Waals surface area contributed by atoms with Gasteiger partial charge in [-0.2, -0.15) is 5.43 Å². The first-order valence-electron chi connectivity index (χ1n) is 8.48. The molecule has 0 saturated carbocycles. The number of hydrogen-bond donors (Lipinski definition) is 1. The highest BCUT2D eigenvalue weighted by Gasteiger charge is 2.33. The summed E-state index contributed by atoms with van der Waals surface area (Å²) in [5, 5.41) is 15.6. The van der Waals surface area contributed by atoms with Crippen molar-refractivity contribution in [3.05, 3.63) is 39.4 Å². The highest BCUT2D eigenvalue weighted by molar-refractivity contribution is 6.37. The average Bonchev–Trinajstić information content (AvgIpc) is 3.23. The van der Waals surface area contributed by atoms with Crippen molar-refractivity contribution >= 4 is 17.4 Å². The van der Waals surface area contributed by atoms with E-state index in [1.807, 2.05) is 36.9 Å². The van der Waals surface area contributed by atoms with E-state index in [4.69, 9.17) is 4.74 Å². The maximum atomic E-state index is 11.6. The molecule has 3 rings (SSSR count). The summed E-state index contributed by atoms with van der Waals surface area (Å²) in [5.74, 6) is 0.512. The molecule has 0 radical (unpaired) electrons. The Kier molecular flexibility index (Phi) is 5.28. The predicted octanol–water partition coefficient (Wildman–Crippen LogP) is 2.06. The Bertz CT molecular complexity index is 690. The molecule has 0 aromatic heterocycles. The van der Waals surface area contributed by atoms with Gasteiger partial charge in [0.1, 0.15) is 0 Å². The van der Waals surface area contributed by atoms with E-state index in [0.29, 0.717) is 31.4 Å². The molecule has 1 unspecified atom stereocenters. The lowest BCUT2D eigenvalue weighted by Gasteiger charge is -2.21. The van der Waals surface area contributed by atoms with Gasteiger partial charge in [-0.15, -0.1) is 0 Å². The van der Waals surface area contributed by atoms with Gasteiger partial charge in [0.15, 0.2) is 0 Å². The largest absolute Gasteiger partial charge is 0.430 e. The van der Waals surface area contributed by atoms with E-state index in [-0.39, 0.29) is 5.84 Å². The van der Waals surface area contributed by atoms with Crippen LogP contribution in [0.15, 0.2) is 28.3 Å². The number of ether oxygens (including phenoxy) is 1. The van der Waals surface area contributed by atoms with Gasteiger partial charge in [0, 0.05) is 25.6 Å². The van der Waals surface area contributed by atoms with E-state index in [1.54, 1.807) is 0 Å². The molecule has 8 nitrogen and oxygen atoms in total. The van der Waals surface area contributed by atoms with Crippen molar-refractivity contribution in [1.29, 1.82) is 0 Å². The van der Waals surface area contributed by atoms with Gasteiger partial charge in [-0.1, -0.05) is 18.2 Å². The lowest BCUT2D eigenvalue weighted by Crippen LogP contribution is -2.40. The first kappa shape index (κ1) is 17.3. The number of aryl methyl sites for hydroxylation is 2. The number of hydrogen-bond acceptors (Lipinski definition) is 7. The zero-order chi connectivity index (χ0) is 17.8. The Morgan fingerprint density at radius 3 is 2.88 bits per heavy atom. The number of nitrogens with one attached hydrogen (secondary N) is 1. The smallest absolute Gasteiger partial charge is 0.381 e. The van der Waals surface area contributed by atoms with Crippen molar-refractivity contribution in [3.8, 4) is 0 Å². The van der Waals surface area contributed by atoms with Crippen molar-refractivity contribution in [2.75, 3.05) is 38.3 Å². The quantitative estimate of drug-likeness (QED) is 0.382. The lowest BCUT2D eigenvalue weighted by molar-refractivity contribution is -0.346. The molecule has 0 bridgehead atoms. The minimum absolute atomic E-state index is 0.237. The maximum Gasteiger partial charge on any atom is 0.430 e. The number of nitrogens with zero attached hydrogens (tertiary/aromatic N) is 4. The third-order valence-corrected chi connectivity index (χ3v) is 4.56. The van der Waals surface area contributed by atoms with Crippen LogP contribution in [0.25, 0.3) is 0 Å². The summed E-state index contributed by atoms with van der Waals surface area (Å²) in [7, 11) is 0. The monoisotopic (exact) mass is 345 g/mol. The lowest BCUT2D eigenvalue weighted by atomic mass is 10.1. The second kappa shape index (κ2) is 7.60. The third-order valence-electron chi connectivity index (χ3n) is 4.56. The number of benzene rings is 1. The molecule has 134 valence electrons. The van der Waals surface area contributed by atoms with E-state index in [1.165, 1.54) is 0 Å². The molecule has 8 heteroatoms. The molecule has 2 heterocycles. The summed E-state index contributed by atoms with van der Waals surface area (Å²) in [5.41, 5.74) is 5.63. The summed E-state index contributed by atoms with van der Waals surface area (Å²) >= 11 is 0. The molecule has 25 heavy (non-hydrogen) atoms. The second-order valence-corrected chi connectivity index (χ2v) is 6.45. The van der Waals surface area contributed by atoms with Crippen molar-refractivity contribution in [3.63, 3.8) is 0 Å². The van der Waals surface area contributed by atoms with E-state index < -0.39 is 4.92 Å². The Balaban J connectivity index is 1.79. The van der Waals surface area contributed by atoms with Gasteiger partial charge >= 0.3 is 5.84 Å². The van der Waals surface area contributed by atoms with Gasteiger partial charge in [-0.3, -0.25) is 4.99 Å². The number of hydrazone groups is 1. The number of aliphatic imine (C=N–C) groups is 1. The van der Waals surface area contributed by atoms with Gasteiger partial charge in [-0.05, 0) is 36.3 Å². The normalized spacial score (nSPS) is 20.7. The molecule has 1 fully saturated rings. The van der Waals surface area contributed by atoms with Gasteiger partial charge < -0.3 is 19.8 Å². The summed E-state index contributed by atoms with van der Waals surface area (Å²) in [6.07, 6.45) is 0.982. The van der Waals surface area contributed by atoms with E-state index >= 15 is 0 Å². The SMILES string of the molecule is Cc1cccc(C)c1NN=C(C1=NCCN1CC1CCOC1)[N+](=O)[O-]. The van der Waals surface area contributed by atoms with Gasteiger partial charge in [0.25, 0.3) is 0 Å². The zero-order valence-electron chi connectivity index (χ0n) is 14.6. The summed E-state index contributed by atoms with van der Waals surface area (Å²) in [4.78, 5) is 17.4. The van der Waals surface area contributed by atoms with Crippen LogP contribution in [0.4, 0.5) is 5.69 Å². The number of nitro groups is 1. The first-order valence-corrected chi connectivity index (χ1v) is 8.48. The Labute approximate surface area is 146 Å². The van der Waals surface area contributed by atoms with E-state index in [0.717, 1.165) is 36.4 Å². The van der Waals surface area contributed by atoms with Crippen LogP contribution in [-0.4, -0.2) is 54.3 Å². The molecule has 1 aromatic rings. The van der Waals surface area contributed by atoms with Crippen molar-refractivity contribution < 1.29 is 9.66 Å². The fourth-order valence-corrected chi connectivity index (χ4v) is 3.18. The molecule has 1 saturated heterocycles. The highest BCUT2D eigenvalue weighted by Crippen LogP contribution is 2.20. The highest BCUT2D eigenvalue weighted by atomic mass is 16.6. The Morgan fingerprint density at radius 1 is 1.48 bits per heavy atom. The molecule has 1 aromatic carbocycles. The fourth-order valence-electron chi connectivity index (χ4n) is 3.18. The minimum Gasteiger partial charge on any atom is -0.381 e. The van der Waals surface area contributed by atoms with Crippen molar-refractivity contribution in [1.82, 2.24) is 4.90 Å². The van der Waals surface area contributed by atoms with E-state index in [2.05, 4.69) is 15.5 Å². The topological polar surface area (TPSA) is 92.4 Å². The van der Waals surface area contributed by atoms with Gasteiger partial charge in [-0.25, -0.2) is 0 Å². The van der Waals surface area contributed by atoms with Crippen LogP contribution in [0, 0.1) is 29.9 Å². The fraction of sp³-hybridized carbons (Fsp3) is 0.529.